The van der Waals surface area contributed by atoms with Crippen molar-refractivity contribution in [2.45, 2.75) is 25.5 Å². The predicted octanol–water partition coefficient (Wildman–Crippen LogP) is 1.74. The summed E-state index contributed by atoms with van der Waals surface area (Å²) in [5.74, 6) is 0.862. The van der Waals surface area contributed by atoms with Crippen LogP contribution in [0.3, 0.4) is 0 Å². The number of nitrogens with one attached hydrogen (secondary N) is 1. The van der Waals surface area contributed by atoms with Crippen molar-refractivity contribution in [2.75, 3.05) is 27.4 Å². The molecule has 0 aliphatic rings. The van der Waals surface area contributed by atoms with Crippen LogP contribution in [-0.4, -0.2) is 38.6 Å². The first-order valence-corrected chi connectivity index (χ1v) is 6.21. The van der Waals surface area contributed by atoms with Gasteiger partial charge in [-0.2, -0.15) is 0 Å². The largest absolute Gasteiger partial charge is 0.497 e. The van der Waals surface area contributed by atoms with E-state index in [2.05, 4.69) is 12.2 Å². The van der Waals surface area contributed by atoms with Crippen LogP contribution in [0.4, 0.5) is 0 Å². The van der Waals surface area contributed by atoms with Gasteiger partial charge < -0.3 is 19.9 Å². The third-order valence-corrected chi connectivity index (χ3v) is 2.90. The van der Waals surface area contributed by atoms with E-state index in [1.807, 2.05) is 24.3 Å². The Kier molecular flexibility index (Phi) is 6.72. The Morgan fingerprint density at radius 3 is 2.44 bits per heavy atom. The number of rotatable bonds is 8. The Hall–Kier alpha value is -1.10. The molecule has 0 aliphatic heterocycles. The molecule has 2 unspecified atom stereocenters. The van der Waals surface area contributed by atoms with E-state index in [0.717, 1.165) is 12.3 Å². The smallest absolute Gasteiger partial charge is 0.118 e. The fourth-order valence-electron chi connectivity index (χ4n) is 1.75. The predicted molar refractivity (Wildman–Crippen MR) is 71.9 cm³/mol. The van der Waals surface area contributed by atoms with E-state index in [0.29, 0.717) is 13.0 Å². The molecule has 1 aromatic rings. The van der Waals surface area contributed by atoms with Crippen LogP contribution in [0.25, 0.3) is 0 Å². The monoisotopic (exact) mass is 253 g/mol. The van der Waals surface area contributed by atoms with Crippen molar-refractivity contribution < 1.29 is 14.6 Å². The van der Waals surface area contributed by atoms with Gasteiger partial charge in [0.25, 0.3) is 0 Å². The highest BCUT2D eigenvalue weighted by molar-refractivity contribution is 5.28. The molecule has 0 aliphatic carbocycles. The van der Waals surface area contributed by atoms with Crippen molar-refractivity contribution in [2.24, 2.45) is 0 Å². The maximum absolute atomic E-state index is 9.52. The zero-order valence-electron chi connectivity index (χ0n) is 11.3. The van der Waals surface area contributed by atoms with Crippen molar-refractivity contribution in [3.63, 3.8) is 0 Å². The van der Waals surface area contributed by atoms with Crippen LogP contribution in [0.5, 0.6) is 5.75 Å². The van der Waals surface area contributed by atoms with Gasteiger partial charge in [0.1, 0.15) is 5.75 Å². The van der Waals surface area contributed by atoms with Gasteiger partial charge in [0.05, 0.1) is 19.8 Å². The average molecular weight is 253 g/mol. The molecule has 0 aromatic heterocycles. The minimum atomic E-state index is -0.398. The van der Waals surface area contributed by atoms with E-state index in [-0.39, 0.29) is 6.04 Å². The summed E-state index contributed by atoms with van der Waals surface area (Å²) in [6.07, 6.45) is 0.291. The molecular weight excluding hydrogens is 230 g/mol. The quantitative estimate of drug-likeness (QED) is 0.741. The molecule has 0 saturated carbocycles. The highest BCUT2D eigenvalue weighted by Gasteiger charge is 2.07. The summed E-state index contributed by atoms with van der Waals surface area (Å²) in [6, 6.07) is 8.25. The summed E-state index contributed by atoms with van der Waals surface area (Å²) in [4.78, 5) is 0. The summed E-state index contributed by atoms with van der Waals surface area (Å²) in [5, 5.41) is 12.9. The lowest BCUT2D eigenvalue weighted by atomic mass is 10.1. The number of methoxy groups -OCH3 is 2. The van der Waals surface area contributed by atoms with E-state index in [1.165, 1.54) is 5.56 Å². The van der Waals surface area contributed by atoms with Gasteiger partial charge in [0.2, 0.25) is 0 Å². The van der Waals surface area contributed by atoms with Gasteiger partial charge in [-0.15, -0.1) is 0 Å². The van der Waals surface area contributed by atoms with Gasteiger partial charge in [0.15, 0.2) is 0 Å². The second-order valence-corrected chi connectivity index (χ2v) is 4.35. The number of hydrogen-bond acceptors (Lipinski definition) is 4. The minimum absolute atomic E-state index is 0.255. The van der Waals surface area contributed by atoms with E-state index in [9.17, 15) is 5.11 Å². The topological polar surface area (TPSA) is 50.7 Å². The first-order valence-electron chi connectivity index (χ1n) is 6.21. The molecular formula is C14H23NO3. The number of aliphatic hydroxyl groups is 1. The number of hydrogen-bond donors (Lipinski definition) is 2. The highest BCUT2D eigenvalue weighted by atomic mass is 16.5. The molecule has 4 nitrogen and oxygen atoms in total. The second-order valence-electron chi connectivity index (χ2n) is 4.35. The molecule has 1 aromatic carbocycles. The molecule has 0 saturated heterocycles. The van der Waals surface area contributed by atoms with Gasteiger partial charge >= 0.3 is 0 Å². The maximum Gasteiger partial charge on any atom is 0.118 e. The second kappa shape index (κ2) is 8.08. The Morgan fingerprint density at radius 2 is 1.89 bits per heavy atom. The Balaban J connectivity index is 2.33. The Morgan fingerprint density at radius 1 is 1.22 bits per heavy atom. The number of benzene rings is 1. The van der Waals surface area contributed by atoms with Gasteiger partial charge in [-0.1, -0.05) is 12.1 Å². The zero-order valence-corrected chi connectivity index (χ0v) is 11.3. The Bertz CT molecular complexity index is 326. The van der Waals surface area contributed by atoms with Crippen LogP contribution in [-0.2, 0) is 4.74 Å². The molecule has 4 heteroatoms. The first-order chi connectivity index (χ1) is 8.67. The number of ether oxygens (including phenoxy) is 2. The van der Waals surface area contributed by atoms with Gasteiger partial charge in [-0.3, -0.25) is 0 Å². The standard InChI is InChI=1S/C14H23NO3/c1-11(15-9-8-13(16)10-17-2)12-4-6-14(18-3)7-5-12/h4-7,11,13,15-16H,8-10H2,1-3H3. The normalized spacial score (nSPS) is 14.2. The van der Waals surface area contributed by atoms with Crippen LogP contribution >= 0.6 is 0 Å². The van der Waals surface area contributed by atoms with Gasteiger partial charge in [-0.25, -0.2) is 0 Å². The number of aliphatic hydroxyl groups excluding tert-OH is 1. The molecule has 102 valence electrons. The Labute approximate surface area is 109 Å². The third-order valence-electron chi connectivity index (χ3n) is 2.90. The molecule has 0 bridgehead atoms. The molecule has 0 heterocycles. The van der Waals surface area contributed by atoms with Gasteiger partial charge in [0, 0.05) is 13.2 Å². The molecule has 0 fully saturated rings. The summed E-state index contributed by atoms with van der Waals surface area (Å²) in [5.41, 5.74) is 1.21. The van der Waals surface area contributed by atoms with Crippen molar-refractivity contribution in [3.05, 3.63) is 29.8 Å². The summed E-state index contributed by atoms with van der Waals surface area (Å²) >= 11 is 0. The highest BCUT2D eigenvalue weighted by Crippen LogP contribution is 2.17. The van der Waals surface area contributed by atoms with E-state index < -0.39 is 6.10 Å². The minimum Gasteiger partial charge on any atom is -0.497 e. The van der Waals surface area contributed by atoms with Crippen LogP contribution in [0.15, 0.2) is 24.3 Å². The fraction of sp³-hybridized carbons (Fsp3) is 0.571. The molecule has 2 atom stereocenters. The summed E-state index contributed by atoms with van der Waals surface area (Å²) in [7, 11) is 3.25. The lowest BCUT2D eigenvalue weighted by Gasteiger charge is -2.16. The third kappa shape index (κ3) is 5.04. The van der Waals surface area contributed by atoms with Gasteiger partial charge in [-0.05, 0) is 37.6 Å². The lowest BCUT2D eigenvalue weighted by Crippen LogP contribution is -2.25. The van der Waals surface area contributed by atoms with Crippen molar-refractivity contribution >= 4 is 0 Å². The molecule has 18 heavy (non-hydrogen) atoms. The van der Waals surface area contributed by atoms with E-state index >= 15 is 0 Å². The SMILES string of the molecule is COCC(O)CCNC(C)c1ccc(OC)cc1. The van der Waals surface area contributed by atoms with Crippen LogP contribution in [0, 0.1) is 0 Å². The first kappa shape index (κ1) is 15.0. The molecule has 0 amide bonds. The van der Waals surface area contributed by atoms with E-state index in [4.69, 9.17) is 9.47 Å². The molecule has 0 radical (unpaired) electrons. The van der Waals surface area contributed by atoms with E-state index in [1.54, 1.807) is 14.2 Å². The lowest BCUT2D eigenvalue weighted by molar-refractivity contribution is 0.0590. The van der Waals surface area contributed by atoms with Crippen LogP contribution in [0.2, 0.25) is 0 Å². The fourth-order valence-corrected chi connectivity index (χ4v) is 1.75. The van der Waals surface area contributed by atoms with Crippen molar-refractivity contribution in [1.82, 2.24) is 5.32 Å². The molecule has 1 rings (SSSR count). The van der Waals surface area contributed by atoms with Crippen LogP contribution in [0.1, 0.15) is 24.9 Å². The molecule has 2 N–H and O–H groups in total. The van der Waals surface area contributed by atoms with Crippen molar-refractivity contribution in [3.8, 4) is 5.75 Å². The van der Waals surface area contributed by atoms with Crippen molar-refractivity contribution in [1.29, 1.82) is 0 Å². The summed E-state index contributed by atoms with van der Waals surface area (Å²) < 4.78 is 10.0. The molecule has 0 spiro atoms. The summed E-state index contributed by atoms with van der Waals surface area (Å²) in [6.45, 7) is 3.25. The average Bonchev–Trinajstić information content (AvgIpc) is 2.39. The maximum atomic E-state index is 9.52. The van der Waals surface area contributed by atoms with Crippen LogP contribution < -0.4 is 10.1 Å². The zero-order chi connectivity index (χ0) is 13.4.